The van der Waals surface area contributed by atoms with Gasteiger partial charge < -0.3 is 19.5 Å². The molecule has 1 amide bonds. The maximum Gasteiger partial charge on any atom is 0.259 e. The number of fused-ring (bicyclic) bond motifs is 1. The Bertz CT molecular complexity index is 772. The highest BCUT2D eigenvalue weighted by atomic mass is 16.5. The van der Waals surface area contributed by atoms with Gasteiger partial charge in [0.05, 0.1) is 25.5 Å². The van der Waals surface area contributed by atoms with Crippen molar-refractivity contribution >= 4 is 11.6 Å². The highest BCUT2D eigenvalue weighted by Gasteiger charge is 2.31. The van der Waals surface area contributed by atoms with Crippen LogP contribution in [0.15, 0.2) is 36.4 Å². The molecule has 2 atom stereocenters. The molecule has 0 aliphatic carbocycles. The SMILES string of the molecule is COc1ccc(OC)c(NC(=O)c2cccc3c2OC(C)C3C)c1. The van der Waals surface area contributed by atoms with E-state index in [-0.39, 0.29) is 17.9 Å². The number of amides is 1. The van der Waals surface area contributed by atoms with Crippen molar-refractivity contribution in [2.45, 2.75) is 25.9 Å². The van der Waals surface area contributed by atoms with Crippen LogP contribution in [0, 0.1) is 0 Å². The third-order valence-electron chi connectivity index (χ3n) is 4.44. The second-order valence-electron chi connectivity index (χ2n) is 5.86. The Balaban J connectivity index is 1.93. The summed E-state index contributed by atoms with van der Waals surface area (Å²) in [7, 11) is 3.14. The maximum atomic E-state index is 12.8. The van der Waals surface area contributed by atoms with E-state index in [0.717, 1.165) is 5.56 Å². The van der Waals surface area contributed by atoms with Crippen LogP contribution in [0.3, 0.4) is 0 Å². The summed E-state index contributed by atoms with van der Waals surface area (Å²) in [5.41, 5.74) is 2.14. The molecule has 0 aromatic heterocycles. The molecule has 1 aliphatic heterocycles. The minimum absolute atomic E-state index is 0.0558. The van der Waals surface area contributed by atoms with Gasteiger partial charge in [-0.15, -0.1) is 0 Å². The first-order valence-electron chi connectivity index (χ1n) is 7.88. The molecule has 126 valence electrons. The Morgan fingerprint density at radius 2 is 1.92 bits per heavy atom. The second kappa shape index (κ2) is 6.43. The Labute approximate surface area is 141 Å². The molecule has 0 spiro atoms. The van der Waals surface area contributed by atoms with E-state index < -0.39 is 0 Å². The van der Waals surface area contributed by atoms with Crippen LogP contribution in [0.5, 0.6) is 17.2 Å². The largest absolute Gasteiger partial charge is 0.497 e. The van der Waals surface area contributed by atoms with Gasteiger partial charge in [-0.25, -0.2) is 0 Å². The molecule has 1 heterocycles. The molecule has 5 heteroatoms. The van der Waals surface area contributed by atoms with Crippen molar-refractivity contribution in [3.63, 3.8) is 0 Å². The fourth-order valence-corrected chi connectivity index (χ4v) is 2.87. The fourth-order valence-electron chi connectivity index (χ4n) is 2.87. The number of ether oxygens (including phenoxy) is 3. The summed E-state index contributed by atoms with van der Waals surface area (Å²) in [5, 5.41) is 2.89. The molecular weight excluding hydrogens is 306 g/mol. The van der Waals surface area contributed by atoms with Crippen molar-refractivity contribution in [2.75, 3.05) is 19.5 Å². The normalized spacial score (nSPS) is 18.5. The van der Waals surface area contributed by atoms with Gasteiger partial charge in [0.1, 0.15) is 23.4 Å². The van der Waals surface area contributed by atoms with E-state index in [1.807, 2.05) is 19.1 Å². The van der Waals surface area contributed by atoms with Crippen molar-refractivity contribution < 1.29 is 19.0 Å². The average Bonchev–Trinajstić information content (AvgIpc) is 2.89. The highest BCUT2D eigenvalue weighted by Crippen LogP contribution is 2.40. The molecule has 0 radical (unpaired) electrons. The van der Waals surface area contributed by atoms with Gasteiger partial charge in [0.25, 0.3) is 5.91 Å². The molecule has 0 saturated heterocycles. The van der Waals surface area contributed by atoms with E-state index in [4.69, 9.17) is 14.2 Å². The van der Waals surface area contributed by atoms with Crippen LogP contribution in [0.2, 0.25) is 0 Å². The Hall–Kier alpha value is -2.69. The van der Waals surface area contributed by atoms with Crippen LogP contribution in [-0.2, 0) is 0 Å². The number of carbonyl (C=O) groups is 1. The molecule has 0 fully saturated rings. The molecule has 3 rings (SSSR count). The van der Waals surface area contributed by atoms with Gasteiger partial charge in [0.2, 0.25) is 0 Å². The first-order chi connectivity index (χ1) is 11.5. The number of carbonyl (C=O) groups excluding carboxylic acids is 1. The minimum Gasteiger partial charge on any atom is -0.497 e. The molecule has 5 nitrogen and oxygen atoms in total. The quantitative estimate of drug-likeness (QED) is 0.927. The monoisotopic (exact) mass is 327 g/mol. The number of para-hydroxylation sites is 1. The Morgan fingerprint density at radius 1 is 1.12 bits per heavy atom. The molecule has 1 N–H and O–H groups in total. The van der Waals surface area contributed by atoms with Crippen LogP contribution in [0.25, 0.3) is 0 Å². The van der Waals surface area contributed by atoms with Crippen LogP contribution < -0.4 is 19.5 Å². The van der Waals surface area contributed by atoms with E-state index in [9.17, 15) is 4.79 Å². The lowest BCUT2D eigenvalue weighted by molar-refractivity contribution is 0.102. The van der Waals surface area contributed by atoms with E-state index in [0.29, 0.717) is 28.5 Å². The van der Waals surface area contributed by atoms with Crippen molar-refractivity contribution in [1.29, 1.82) is 0 Å². The van der Waals surface area contributed by atoms with Gasteiger partial charge >= 0.3 is 0 Å². The van der Waals surface area contributed by atoms with Gasteiger partial charge in [-0.1, -0.05) is 19.1 Å². The third-order valence-corrected chi connectivity index (χ3v) is 4.44. The van der Waals surface area contributed by atoms with Crippen molar-refractivity contribution in [1.82, 2.24) is 0 Å². The zero-order chi connectivity index (χ0) is 17.3. The summed E-state index contributed by atoms with van der Waals surface area (Å²) in [4.78, 5) is 12.8. The van der Waals surface area contributed by atoms with Crippen molar-refractivity contribution in [2.24, 2.45) is 0 Å². The summed E-state index contributed by atoms with van der Waals surface area (Å²) < 4.78 is 16.4. The van der Waals surface area contributed by atoms with E-state index in [1.165, 1.54) is 0 Å². The second-order valence-corrected chi connectivity index (χ2v) is 5.86. The standard InChI is InChI=1S/C19H21NO4/c1-11-12(2)24-18-14(11)6-5-7-15(18)19(21)20-16-10-13(22-3)8-9-17(16)23-4/h5-12H,1-4H3,(H,20,21). The lowest BCUT2D eigenvalue weighted by Gasteiger charge is -2.13. The molecule has 1 aliphatic rings. The lowest BCUT2D eigenvalue weighted by atomic mass is 9.97. The zero-order valence-electron chi connectivity index (χ0n) is 14.3. The van der Waals surface area contributed by atoms with E-state index >= 15 is 0 Å². The number of methoxy groups -OCH3 is 2. The van der Waals surface area contributed by atoms with Gasteiger partial charge in [0.15, 0.2) is 0 Å². The van der Waals surface area contributed by atoms with Gasteiger partial charge in [-0.3, -0.25) is 4.79 Å². The number of hydrogen-bond donors (Lipinski definition) is 1. The minimum atomic E-state index is -0.236. The lowest BCUT2D eigenvalue weighted by Crippen LogP contribution is -2.15. The highest BCUT2D eigenvalue weighted by molar-refractivity contribution is 6.07. The summed E-state index contributed by atoms with van der Waals surface area (Å²) in [5.74, 6) is 1.90. The molecule has 0 bridgehead atoms. The summed E-state index contributed by atoms with van der Waals surface area (Å²) >= 11 is 0. The van der Waals surface area contributed by atoms with Crippen molar-refractivity contribution in [3.8, 4) is 17.2 Å². The van der Waals surface area contributed by atoms with Gasteiger partial charge in [0, 0.05) is 17.5 Å². The Morgan fingerprint density at radius 3 is 2.62 bits per heavy atom. The average molecular weight is 327 g/mol. The topological polar surface area (TPSA) is 56.8 Å². The predicted octanol–water partition coefficient (Wildman–Crippen LogP) is 3.84. The van der Waals surface area contributed by atoms with Gasteiger partial charge in [-0.05, 0) is 25.1 Å². The predicted molar refractivity (Wildman–Crippen MR) is 92.4 cm³/mol. The van der Waals surface area contributed by atoms with Gasteiger partial charge in [-0.2, -0.15) is 0 Å². The molecule has 2 unspecified atom stereocenters. The molecule has 2 aromatic rings. The number of benzene rings is 2. The van der Waals surface area contributed by atoms with E-state index in [2.05, 4.69) is 12.2 Å². The first kappa shape index (κ1) is 16.2. The van der Waals surface area contributed by atoms with Crippen LogP contribution in [0.4, 0.5) is 5.69 Å². The van der Waals surface area contributed by atoms with E-state index in [1.54, 1.807) is 38.5 Å². The smallest absolute Gasteiger partial charge is 0.259 e. The molecule has 2 aromatic carbocycles. The molecule has 24 heavy (non-hydrogen) atoms. The molecular formula is C19H21NO4. The third kappa shape index (κ3) is 2.77. The first-order valence-corrected chi connectivity index (χ1v) is 7.88. The van der Waals surface area contributed by atoms with Crippen LogP contribution in [-0.4, -0.2) is 26.2 Å². The summed E-state index contributed by atoms with van der Waals surface area (Å²) in [6.45, 7) is 4.11. The summed E-state index contributed by atoms with van der Waals surface area (Å²) in [6, 6.07) is 10.9. The number of rotatable bonds is 4. The molecule has 0 saturated carbocycles. The maximum absolute atomic E-state index is 12.8. The van der Waals surface area contributed by atoms with Crippen LogP contribution >= 0.6 is 0 Å². The number of hydrogen-bond acceptors (Lipinski definition) is 4. The summed E-state index contributed by atoms with van der Waals surface area (Å²) in [6.07, 6.45) is 0.0558. The zero-order valence-corrected chi connectivity index (χ0v) is 14.3. The number of nitrogens with one attached hydrogen (secondary N) is 1. The van der Waals surface area contributed by atoms with Crippen LogP contribution in [0.1, 0.15) is 35.7 Å². The number of anilines is 1. The Kier molecular flexibility index (Phi) is 4.34. The fraction of sp³-hybridized carbons (Fsp3) is 0.316. The van der Waals surface area contributed by atoms with Crippen molar-refractivity contribution in [3.05, 3.63) is 47.5 Å².